The van der Waals surface area contributed by atoms with Crippen LogP contribution in [0.15, 0.2) is 0 Å². The number of hydrogen-bond donors (Lipinski definition) is 2. The first kappa shape index (κ1) is 12.9. The summed E-state index contributed by atoms with van der Waals surface area (Å²) in [6.45, 7) is 6.19. The second-order valence-electron chi connectivity index (χ2n) is 4.88. The molecule has 1 aliphatic rings. The summed E-state index contributed by atoms with van der Waals surface area (Å²) in [5.41, 5.74) is -0.382. The lowest BCUT2D eigenvalue weighted by molar-refractivity contribution is 0.0162. The van der Waals surface area contributed by atoms with Gasteiger partial charge in [-0.2, -0.15) is 0 Å². The fraction of sp³-hybridized carbons (Fsp3) is 1.00. The molecule has 0 amide bonds. The largest absolute Gasteiger partial charge is 0.389 e. The Morgan fingerprint density at radius 2 is 2.00 bits per heavy atom. The zero-order chi connectivity index (χ0) is 11.1. The molecule has 0 bridgehead atoms. The first-order valence-corrected chi connectivity index (χ1v) is 6.28. The fourth-order valence-electron chi connectivity index (χ4n) is 2.42. The first-order chi connectivity index (χ1) is 7.16. The van der Waals surface area contributed by atoms with Gasteiger partial charge in [-0.3, -0.25) is 0 Å². The van der Waals surface area contributed by atoms with Crippen molar-refractivity contribution in [3.8, 4) is 0 Å². The molecule has 0 unspecified atom stereocenters. The molecule has 1 fully saturated rings. The van der Waals surface area contributed by atoms with Gasteiger partial charge in [0.15, 0.2) is 0 Å². The van der Waals surface area contributed by atoms with Gasteiger partial charge >= 0.3 is 0 Å². The van der Waals surface area contributed by atoms with Gasteiger partial charge in [0.1, 0.15) is 0 Å². The minimum atomic E-state index is -0.382. The molecule has 2 N–H and O–H groups in total. The minimum absolute atomic E-state index is 0.382. The van der Waals surface area contributed by atoms with E-state index in [-0.39, 0.29) is 5.60 Å². The van der Waals surface area contributed by atoms with Crippen LogP contribution >= 0.6 is 0 Å². The van der Waals surface area contributed by atoms with Crippen LogP contribution in [-0.2, 0) is 0 Å². The Morgan fingerprint density at radius 3 is 2.60 bits per heavy atom. The molecular weight excluding hydrogens is 188 g/mol. The molecule has 0 radical (unpaired) electrons. The molecule has 0 aromatic heterocycles. The highest BCUT2D eigenvalue weighted by atomic mass is 16.3. The van der Waals surface area contributed by atoms with Crippen LogP contribution in [0.1, 0.15) is 39.0 Å². The Morgan fingerprint density at radius 1 is 1.33 bits per heavy atom. The van der Waals surface area contributed by atoms with Crippen LogP contribution in [0, 0.1) is 0 Å². The zero-order valence-corrected chi connectivity index (χ0v) is 10.3. The molecule has 1 aliphatic carbocycles. The molecule has 0 atom stereocenters. The highest BCUT2D eigenvalue weighted by Gasteiger charge is 2.31. The van der Waals surface area contributed by atoms with Crippen molar-refractivity contribution in [3.63, 3.8) is 0 Å². The normalized spacial score (nSPS) is 20.0. The Bertz CT molecular complexity index is 167. The van der Waals surface area contributed by atoms with Gasteiger partial charge in [-0.05, 0) is 45.9 Å². The molecular formula is C12H26N2O. The third kappa shape index (κ3) is 4.96. The smallest absolute Gasteiger partial charge is 0.0774 e. The van der Waals surface area contributed by atoms with E-state index in [1.807, 2.05) is 0 Å². The Labute approximate surface area is 93.9 Å². The molecule has 0 aromatic carbocycles. The van der Waals surface area contributed by atoms with Gasteiger partial charge in [0.25, 0.3) is 0 Å². The van der Waals surface area contributed by atoms with Gasteiger partial charge in [-0.15, -0.1) is 0 Å². The van der Waals surface area contributed by atoms with E-state index in [0.717, 1.165) is 39.0 Å². The fourth-order valence-corrected chi connectivity index (χ4v) is 2.42. The summed E-state index contributed by atoms with van der Waals surface area (Å²) in [6.07, 6.45) is 5.54. The molecule has 0 saturated heterocycles. The van der Waals surface area contributed by atoms with Gasteiger partial charge in [0, 0.05) is 6.54 Å². The van der Waals surface area contributed by atoms with Crippen LogP contribution < -0.4 is 5.32 Å². The molecule has 3 heteroatoms. The minimum Gasteiger partial charge on any atom is -0.389 e. The van der Waals surface area contributed by atoms with Crippen molar-refractivity contribution in [1.82, 2.24) is 10.2 Å². The molecule has 0 spiro atoms. The molecule has 0 heterocycles. The quantitative estimate of drug-likeness (QED) is 0.626. The van der Waals surface area contributed by atoms with E-state index < -0.39 is 0 Å². The third-order valence-corrected chi connectivity index (χ3v) is 3.24. The average Bonchev–Trinajstić information content (AvgIpc) is 2.59. The number of rotatable bonds is 7. The lowest BCUT2D eigenvalue weighted by Gasteiger charge is -2.28. The maximum atomic E-state index is 10.2. The van der Waals surface area contributed by atoms with E-state index in [0.29, 0.717) is 0 Å². The van der Waals surface area contributed by atoms with Gasteiger partial charge < -0.3 is 15.3 Å². The molecule has 90 valence electrons. The molecule has 15 heavy (non-hydrogen) atoms. The summed E-state index contributed by atoms with van der Waals surface area (Å²) >= 11 is 0. The monoisotopic (exact) mass is 214 g/mol. The molecule has 0 aliphatic heterocycles. The second kappa shape index (κ2) is 6.46. The van der Waals surface area contributed by atoms with Gasteiger partial charge in [-0.1, -0.05) is 19.8 Å². The second-order valence-corrected chi connectivity index (χ2v) is 4.88. The molecule has 3 nitrogen and oxygen atoms in total. The molecule has 1 rings (SSSR count). The van der Waals surface area contributed by atoms with Crippen molar-refractivity contribution in [3.05, 3.63) is 0 Å². The number of likely N-dealkylation sites (N-methyl/N-ethyl adjacent to an activating group) is 1. The van der Waals surface area contributed by atoms with Crippen LogP contribution in [-0.4, -0.2) is 48.8 Å². The third-order valence-electron chi connectivity index (χ3n) is 3.24. The van der Waals surface area contributed by atoms with Crippen LogP contribution in [0.2, 0.25) is 0 Å². The molecule has 1 saturated carbocycles. The summed E-state index contributed by atoms with van der Waals surface area (Å²) in [7, 11) is 2.11. The van der Waals surface area contributed by atoms with E-state index in [1.165, 1.54) is 19.3 Å². The molecule has 0 aromatic rings. The Kier molecular flexibility index (Phi) is 5.58. The highest BCUT2D eigenvalue weighted by Crippen LogP contribution is 2.29. The summed E-state index contributed by atoms with van der Waals surface area (Å²) in [4.78, 5) is 2.27. The number of nitrogens with zero attached hydrogens (tertiary/aromatic N) is 1. The SMILES string of the molecule is CCNCCCN(C)CC1(O)CCCC1. The maximum absolute atomic E-state index is 10.2. The average molecular weight is 214 g/mol. The zero-order valence-electron chi connectivity index (χ0n) is 10.3. The van der Waals surface area contributed by atoms with E-state index in [2.05, 4.69) is 24.2 Å². The number of aliphatic hydroxyl groups is 1. The predicted molar refractivity (Wildman–Crippen MR) is 64.1 cm³/mol. The van der Waals surface area contributed by atoms with Crippen molar-refractivity contribution in [2.75, 3.05) is 33.2 Å². The Hall–Kier alpha value is -0.120. The van der Waals surface area contributed by atoms with Crippen molar-refractivity contribution >= 4 is 0 Å². The first-order valence-electron chi connectivity index (χ1n) is 6.28. The van der Waals surface area contributed by atoms with Gasteiger partial charge in [0.2, 0.25) is 0 Å². The summed E-state index contributed by atoms with van der Waals surface area (Å²) in [5, 5.41) is 13.5. The summed E-state index contributed by atoms with van der Waals surface area (Å²) < 4.78 is 0. The standard InChI is InChI=1S/C12H26N2O/c1-3-13-9-6-10-14(2)11-12(15)7-4-5-8-12/h13,15H,3-11H2,1-2H3. The van der Waals surface area contributed by atoms with Crippen molar-refractivity contribution in [1.29, 1.82) is 0 Å². The predicted octanol–water partition coefficient (Wildman–Crippen LogP) is 1.22. The van der Waals surface area contributed by atoms with Gasteiger partial charge in [-0.25, -0.2) is 0 Å². The van der Waals surface area contributed by atoms with E-state index in [4.69, 9.17) is 0 Å². The van der Waals surface area contributed by atoms with Crippen LogP contribution in [0.25, 0.3) is 0 Å². The van der Waals surface area contributed by atoms with Gasteiger partial charge in [0.05, 0.1) is 5.60 Å². The number of nitrogens with one attached hydrogen (secondary N) is 1. The van der Waals surface area contributed by atoms with E-state index >= 15 is 0 Å². The summed E-state index contributed by atoms with van der Waals surface area (Å²) in [6, 6.07) is 0. The number of hydrogen-bond acceptors (Lipinski definition) is 3. The maximum Gasteiger partial charge on any atom is 0.0774 e. The van der Waals surface area contributed by atoms with Crippen LogP contribution in [0.4, 0.5) is 0 Å². The summed E-state index contributed by atoms with van der Waals surface area (Å²) in [5.74, 6) is 0. The topological polar surface area (TPSA) is 35.5 Å². The lowest BCUT2D eigenvalue weighted by Crippen LogP contribution is -2.40. The highest BCUT2D eigenvalue weighted by molar-refractivity contribution is 4.86. The van der Waals surface area contributed by atoms with E-state index in [9.17, 15) is 5.11 Å². The van der Waals surface area contributed by atoms with E-state index in [1.54, 1.807) is 0 Å². The van der Waals surface area contributed by atoms with Crippen LogP contribution in [0.5, 0.6) is 0 Å². The van der Waals surface area contributed by atoms with Crippen molar-refractivity contribution in [2.45, 2.75) is 44.6 Å². The van der Waals surface area contributed by atoms with Crippen molar-refractivity contribution in [2.24, 2.45) is 0 Å². The lowest BCUT2D eigenvalue weighted by atomic mass is 10.0. The van der Waals surface area contributed by atoms with Crippen LogP contribution in [0.3, 0.4) is 0 Å². The Balaban J connectivity index is 2.09. The van der Waals surface area contributed by atoms with Crippen molar-refractivity contribution < 1.29 is 5.11 Å².